The van der Waals surface area contributed by atoms with Gasteiger partial charge in [0.05, 0.1) is 18.7 Å². The first kappa shape index (κ1) is 17.1. The molecule has 0 aliphatic carbocycles. The van der Waals surface area contributed by atoms with E-state index in [9.17, 15) is 0 Å². The predicted octanol–water partition coefficient (Wildman–Crippen LogP) is 3.84. The lowest BCUT2D eigenvalue weighted by Crippen LogP contribution is -2.37. The predicted molar refractivity (Wildman–Crippen MR) is 106 cm³/mol. The van der Waals surface area contributed by atoms with Crippen molar-refractivity contribution in [2.75, 3.05) is 31.2 Å². The summed E-state index contributed by atoms with van der Waals surface area (Å²) in [6, 6.07) is 15.2. The average Bonchev–Trinajstić information content (AvgIpc) is 3.24. The topological polar surface area (TPSA) is 77.2 Å². The van der Waals surface area contributed by atoms with Crippen LogP contribution in [0.3, 0.4) is 0 Å². The minimum absolute atomic E-state index is 0.273. The lowest BCUT2D eigenvalue weighted by Gasteiger charge is -2.28. The highest BCUT2D eigenvalue weighted by Crippen LogP contribution is 2.29. The van der Waals surface area contributed by atoms with Crippen LogP contribution in [0.4, 0.5) is 5.82 Å². The van der Waals surface area contributed by atoms with E-state index in [1.807, 2.05) is 36.4 Å². The highest BCUT2D eigenvalue weighted by atomic mass is 35.5. The van der Waals surface area contributed by atoms with Gasteiger partial charge in [0.25, 0.3) is 5.89 Å². The summed E-state index contributed by atoms with van der Waals surface area (Å²) in [7, 11) is 0. The molecule has 2 aromatic carbocycles. The Kier molecular flexibility index (Phi) is 4.38. The molecule has 0 spiro atoms. The summed E-state index contributed by atoms with van der Waals surface area (Å²) < 4.78 is 11.3. The maximum Gasteiger partial charge on any atom is 0.286 e. The number of rotatable bonds is 3. The number of anilines is 1. The van der Waals surface area contributed by atoms with Gasteiger partial charge in [0.15, 0.2) is 0 Å². The Bertz CT molecular complexity index is 1140. The number of hydrogen-bond donors (Lipinski definition) is 0. The molecule has 0 N–H and O–H groups in total. The maximum absolute atomic E-state index is 6.06. The van der Waals surface area contributed by atoms with Crippen molar-refractivity contribution in [1.29, 1.82) is 0 Å². The molecule has 28 heavy (non-hydrogen) atoms. The van der Waals surface area contributed by atoms with Crippen LogP contribution in [0.2, 0.25) is 5.02 Å². The van der Waals surface area contributed by atoms with Gasteiger partial charge in [0.2, 0.25) is 11.7 Å². The van der Waals surface area contributed by atoms with Crippen molar-refractivity contribution < 1.29 is 9.15 Å². The van der Waals surface area contributed by atoms with Gasteiger partial charge in [-0.2, -0.15) is 0 Å². The smallest absolute Gasteiger partial charge is 0.286 e. The van der Waals surface area contributed by atoms with E-state index in [2.05, 4.69) is 20.1 Å². The number of benzene rings is 2. The van der Waals surface area contributed by atoms with Crippen LogP contribution in [0.15, 0.2) is 52.9 Å². The monoisotopic (exact) mass is 393 g/mol. The van der Waals surface area contributed by atoms with Gasteiger partial charge in [-0.25, -0.2) is 9.97 Å². The van der Waals surface area contributed by atoms with Gasteiger partial charge in [-0.3, -0.25) is 0 Å². The van der Waals surface area contributed by atoms with Crippen molar-refractivity contribution in [2.24, 2.45) is 0 Å². The number of nitrogens with zero attached hydrogens (tertiary/aromatic N) is 5. The molecule has 7 nitrogen and oxygen atoms in total. The first-order valence-electron chi connectivity index (χ1n) is 8.97. The average molecular weight is 394 g/mol. The zero-order valence-electron chi connectivity index (χ0n) is 14.9. The van der Waals surface area contributed by atoms with Gasteiger partial charge in [-0.05, 0) is 30.3 Å². The molecule has 0 atom stereocenters. The molecule has 8 heteroatoms. The van der Waals surface area contributed by atoms with Crippen molar-refractivity contribution in [3.8, 4) is 23.2 Å². The summed E-state index contributed by atoms with van der Waals surface area (Å²) in [6.07, 6.45) is 0. The minimum Gasteiger partial charge on any atom is -0.413 e. The van der Waals surface area contributed by atoms with Crippen LogP contribution in [0.1, 0.15) is 0 Å². The van der Waals surface area contributed by atoms with E-state index in [1.54, 1.807) is 12.1 Å². The van der Waals surface area contributed by atoms with Gasteiger partial charge < -0.3 is 14.1 Å². The summed E-state index contributed by atoms with van der Waals surface area (Å²) >= 11 is 6.06. The number of ether oxygens (including phenoxy) is 1. The van der Waals surface area contributed by atoms with Crippen molar-refractivity contribution in [2.45, 2.75) is 0 Å². The SMILES string of the molecule is Clc1cccc(-c2nnc(-c3nc(N4CCOCC4)c4ccccc4n3)o2)c1. The number of fused-ring (bicyclic) bond motifs is 1. The summed E-state index contributed by atoms with van der Waals surface area (Å²) in [5.41, 5.74) is 1.58. The van der Waals surface area contributed by atoms with Crippen molar-refractivity contribution >= 4 is 28.3 Å². The molecule has 0 unspecified atom stereocenters. The minimum atomic E-state index is 0.273. The number of halogens is 1. The summed E-state index contributed by atoms with van der Waals surface area (Å²) in [5, 5.41) is 9.89. The van der Waals surface area contributed by atoms with E-state index in [4.69, 9.17) is 25.7 Å². The molecule has 0 saturated carbocycles. The van der Waals surface area contributed by atoms with Crippen molar-refractivity contribution in [3.63, 3.8) is 0 Å². The van der Waals surface area contributed by atoms with E-state index in [-0.39, 0.29) is 5.89 Å². The van der Waals surface area contributed by atoms with Gasteiger partial charge in [0, 0.05) is 29.1 Å². The Hall–Kier alpha value is -3.03. The lowest BCUT2D eigenvalue weighted by atomic mass is 10.2. The van der Waals surface area contributed by atoms with Crippen LogP contribution in [-0.4, -0.2) is 46.5 Å². The molecule has 2 aromatic heterocycles. The molecule has 5 rings (SSSR count). The molecular weight excluding hydrogens is 378 g/mol. The van der Waals surface area contributed by atoms with Gasteiger partial charge in [0.1, 0.15) is 5.82 Å². The standard InChI is InChI=1S/C20H16ClN5O2/c21-14-5-3-4-13(12-14)19-24-25-20(28-19)17-22-16-7-2-1-6-15(16)18(23-17)26-8-10-27-11-9-26/h1-7,12H,8-11H2. The van der Waals surface area contributed by atoms with E-state index in [0.29, 0.717) is 30.0 Å². The zero-order chi connectivity index (χ0) is 18.9. The number of morpholine rings is 1. The van der Waals surface area contributed by atoms with Crippen LogP contribution in [0.5, 0.6) is 0 Å². The first-order valence-corrected chi connectivity index (χ1v) is 9.35. The third-order valence-electron chi connectivity index (χ3n) is 4.58. The fourth-order valence-corrected chi connectivity index (χ4v) is 3.41. The molecule has 4 aromatic rings. The van der Waals surface area contributed by atoms with Crippen LogP contribution in [0, 0.1) is 0 Å². The normalized spacial score (nSPS) is 14.5. The van der Waals surface area contributed by atoms with Gasteiger partial charge >= 0.3 is 0 Å². The second-order valence-electron chi connectivity index (χ2n) is 6.41. The molecule has 1 saturated heterocycles. The number of hydrogen-bond acceptors (Lipinski definition) is 7. The van der Waals surface area contributed by atoms with Gasteiger partial charge in [-0.15, -0.1) is 10.2 Å². The molecule has 0 radical (unpaired) electrons. The third-order valence-corrected chi connectivity index (χ3v) is 4.82. The van der Waals surface area contributed by atoms with Crippen molar-refractivity contribution in [1.82, 2.24) is 20.2 Å². The van der Waals surface area contributed by atoms with E-state index in [0.717, 1.165) is 35.4 Å². The molecule has 3 heterocycles. The number of para-hydroxylation sites is 1. The van der Waals surface area contributed by atoms with Crippen molar-refractivity contribution in [3.05, 3.63) is 53.6 Å². The van der Waals surface area contributed by atoms with Gasteiger partial charge in [-0.1, -0.05) is 29.8 Å². The molecule has 140 valence electrons. The fraction of sp³-hybridized carbons (Fsp3) is 0.200. The molecule has 1 aliphatic heterocycles. The van der Waals surface area contributed by atoms with Crippen LogP contribution >= 0.6 is 11.6 Å². The van der Waals surface area contributed by atoms with Crippen LogP contribution in [-0.2, 0) is 4.74 Å². The first-order chi connectivity index (χ1) is 13.8. The molecule has 0 bridgehead atoms. The largest absolute Gasteiger partial charge is 0.413 e. The molecular formula is C20H16ClN5O2. The van der Waals surface area contributed by atoms with E-state index >= 15 is 0 Å². The summed E-state index contributed by atoms with van der Waals surface area (Å²) in [6.45, 7) is 2.90. The Morgan fingerprint density at radius 3 is 2.57 bits per heavy atom. The number of aromatic nitrogens is 4. The Morgan fingerprint density at radius 1 is 0.893 bits per heavy atom. The summed E-state index contributed by atoms with van der Waals surface area (Å²) in [5.74, 6) is 1.91. The van der Waals surface area contributed by atoms with E-state index in [1.165, 1.54) is 0 Å². The fourth-order valence-electron chi connectivity index (χ4n) is 3.22. The molecule has 1 aliphatic rings. The summed E-state index contributed by atoms with van der Waals surface area (Å²) in [4.78, 5) is 11.6. The van der Waals surface area contributed by atoms with Crippen LogP contribution < -0.4 is 4.90 Å². The third kappa shape index (κ3) is 3.19. The lowest BCUT2D eigenvalue weighted by molar-refractivity contribution is 0.122. The Balaban J connectivity index is 1.59. The van der Waals surface area contributed by atoms with E-state index < -0.39 is 0 Å². The molecule has 1 fully saturated rings. The Morgan fingerprint density at radius 2 is 1.71 bits per heavy atom. The van der Waals surface area contributed by atoms with Crippen LogP contribution in [0.25, 0.3) is 34.1 Å². The maximum atomic E-state index is 6.06. The Labute approximate surface area is 165 Å². The second-order valence-corrected chi connectivity index (χ2v) is 6.85. The highest BCUT2D eigenvalue weighted by Gasteiger charge is 2.20. The zero-order valence-corrected chi connectivity index (χ0v) is 15.6. The molecule has 0 amide bonds. The highest BCUT2D eigenvalue weighted by molar-refractivity contribution is 6.30. The quantitative estimate of drug-likeness (QED) is 0.523. The second kappa shape index (κ2) is 7.18.